The van der Waals surface area contributed by atoms with Crippen molar-refractivity contribution in [2.75, 3.05) is 13.7 Å². The van der Waals surface area contributed by atoms with E-state index < -0.39 is 0 Å². The largest absolute Gasteiger partial charge is 0.493 e. The van der Waals surface area contributed by atoms with Crippen molar-refractivity contribution in [2.45, 2.75) is 32.9 Å². The Labute approximate surface area is 114 Å². The van der Waals surface area contributed by atoms with Gasteiger partial charge in [-0.15, -0.1) is 0 Å². The van der Waals surface area contributed by atoms with Crippen molar-refractivity contribution in [3.63, 3.8) is 0 Å². The van der Waals surface area contributed by atoms with Crippen LogP contribution in [-0.2, 0) is 4.79 Å². The summed E-state index contributed by atoms with van der Waals surface area (Å²) in [5, 5.41) is 2.76. The number of rotatable bonds is 6. The molecule has 3 N–H and O–H groups in total. The molecule has 0 aliphatic rings. The number of carbonyl (C=O) groups excluding carboxylic acids is 1. The fourth-order valence-corrected chi connectivity index (χ4v) is 1.59. The molecule has 106 valence electrons. The Morgan fingerprint density at radius 1 is 1.32 bits per heavy atom. The maximum absolute atomic E-state index is 11.5. The normalized spacial score (nSPS) is 12.1. The van der Waals surface area contributed by atoms with Crippen molar-refractivity contribution in [3.8, 4) is 11.5 Å². The van der Waals surface area contributed by atoms with E-state index in [9.17, 15) is 4.79 Å². The quantitative estimate of drug-likeness (QED) is 0.820. The number of nitrogens with one attached hydrogen (secondary N) is 1. The van der Waals surface area contributed by atoms with E-state index >= 15 is 0 Å². The summed E-state index contributed by atoms with van der Waals surface area (Å²) in [4.78, 5) is 11.5. The number of amides is 1. The zero-order chi connectivity index (χ0) is 14.4. The Hall–Kier alpha value is -1.75. The van der Waals surface area contributed by atoms with E-state index in [4.69, 9.17) is 15.2 Å². The first kappa shape index (κ1) is 15.3. The summed E-state index contributed by atoms with van der Waals surface area (Å²) >= 11 is 0. The summed E-state index contributed by atoms with van der Waals surface area (Å²) in [5.74, 6) is 0.950. The van der Waals surface area contributed by atoms with Gasteiger partial charge in [0, 0.05) is 12.1 Å². The molecular formula is C14H22N2O3. The third kappa shape index (κ3) is 4.79. The molecule has 0 fully saturated rings. The van der Waals surface area contributed by atoms with Crippen LogP contribution >= 0.6 is 0 Å². The molecular weight excluding hydrogens is 244 g/mol. The van der Waals surface area contributed by atoms with E-state index in [0.29, 0.717) is 11.5 Å². The van der Waals surface area contributed by atoms with Crippen LogP contribution in [0.1, 0.15) is 32.4 Å². The highest BCUT2D eigenvalue weighted by Crippen LogP contribution is 2.29. The minimum Gasteiger partial charge on any atom is -0.493 e. The van der Waals surface area contributed by atoms with E-state index in [0.717, 1.165) is 5.56 Å². The Bertz CT molecular complexity index is 431. The standard InChI is InChI=1S/C14H22N2O3/c1-9(2)16-14(17)8-19-12-6-5-11(10(3)15)7-13(12)18-4/h5-7,9-10H,8,15H2,1-4H3,(H,16,17)/t10-/m1/s1. The Balaban J connectivity index is 2.70. The fourth-order valence-electron chi connectivity index (χ4n) is 1.59. The Morgan fingerprint density at radius 3 is 2.53 bits per heavy atom. The van der Waals surface area contributed by atoms with Crippen molar-refractivity contribution in [3.05, 3.63) is 23.8 Å². The lowest BCUT2D eigenvalue weighted by molar-refractivity contribution is -0.123. The summed E-state index contributed by atoms with van der Waals surface area (Å²) in [7, 11) is 1.56. The van der Waals surface area contributed by atoms with Gasteiger partial charge in [0.25, 0.3) is 5.91 Å². The summed E-state index contributed by atoms with van der Waals surface area (Å²) in [6, 6.07) is 5.47. The lowest BCUT2D eigenvalue weighted by Crippen LogP contribution is -2.34. The number of ether oxygens (including phenoxy) is 2. The molecule has 5 heteroatoms. The molecule has 5 nitrogen and oxygen atoms in total. The summed E-state index contributed by atoms with van der Waals surface area (Å²) < 4.78 is 10.7. The zero-order valence-corrected chi connectivity index (χ0v) is 11.9. The van der Waals surface area contributed by atoms with Crippen LogP contribution in [0.15, 0.2) is 18.2 Å². The summed E-state index contributed by atoms with van der Waals surface area (Å²) in [6.45, 7) is 5.66. The topological polar surface area (TPSA) is 73.6 Å². The second kappa shape index (κ2) is 6.99. The van der Waals surface area contributed by atoms with Gasteiger partial charge in [0.15, 0.2) is 18.1 Å². The van der Waals surface area contributed by atoms with Crippen molar-refractivity contribution < 1.29 is 14.3 Å². The average Bonchev–Trinajstić information content (AvgIpc) is 2.35. The molecule has 1 rings (SSSR count). The highest BCUT2D eigenvalue weighted by Gasteiger charge is 2.10. The van der Waals surface area contributed by atoms with Crippen molar-refractivity contribution in [2.24, 2.45) is 5.73 Å². The summed E-state index contributed by atoms with van der Waals surface area (Å²) in [5.41, 5.74) is 6.76. The van der Waals surface area contributed by atoms with Gasteiger partial charge in [-0.05, 0) is 38.5 Å². The maximum Gasteiger partial charge on any atom is 0.258 e. The van der Waals surface area contributed by atoms with Crippen LogP contribution in [0, 0.1) is 0 Å². The van der Waals surface area contributed by atoms with Crippen LogP contribution < -0.4 is 20.5 Å². The molecule has 0 bridgehead atoms. The second-order valence-electron chi connectivity index (χ2n) is 4.71. The molecule has 0 aliphatic carbocycles. The fraction of sp³-hybridized carbons (Fsp3) is 0.500. The highest BCUT2D eigenvalue weighted by molar-refractivity contribution is 5.77. The van der Waals surface area contributed by atoms with Gasteiger partial charge in [0.05, 0.1) is 7.11 Å². The number of methoxy groups -OCH3 is 1. The van der Waals surface area contributed by atoms with Gasteiger partial charge >= 0.3 is 0 Å². The smallest absolute Gasteiger partial charge is 0.258 e. The monoisotopic (exact) mass is 266 g/mol. The van der Waals surface area contributed by atoms with Crippen LogP contribution in [-0.4, -0.2) is 25.7 Å². The van der Waals surface area contributed by atoms with Gasteiger partial charge in [0.2, 0.25) is 0 Å². The molecule has 0 heterocycles. The molecule has 0 radical (unpaired) electrons. The van der Waals surface area contributed by atoms with Crippen LogP contribution in [0.25, 0.3) is 0 Å². The third-order valence-electron chi connectivity index (χ3n) is 2.52. The molecule has 0 spiro atoms. The molecule has 0 unspecified atom stereocenters. The third-order valence-corrected chi connectivity index (χ3v) is 2.52. The number of benzene rings is 1. The maximum atomic E-state index is 11.5. The molecule has 0 aromatic heterocycles. The van der Waals surface area contributed by atoms with Gasteiger partial charge < -0.3 is 20.5 Å². The van der Waals surface area contributed by atoms with E-state index in [2.05, 4.69) is 5.32 Å². The minimum absolute atomic E-state index is 0.0356. The number of nitrogens with two attached hydrogens (primary N) is 1. The number of hydrogen-bond donors (Lipinski definition) is 2. The molecule has 0 aliphatic heterocycles. The molecule has 1 atom stereocenters. The molecule has 0 saturated heterocycles. The van der Waals surface area contributed by atoms with Gasteiger partial charge in [-0.25, -0.2) is 0 Å². The minimum atomic E-state index is -0.159. The first-order valence-electron chi connectivity index (χ1n) is 6.29. The molecule has 19 heavy (non-hydrogen) atoms. The zero-order valence-electron chi connectivity index (χ0n) is 11.9. The molecule has 1 aromatic carbocycles. The van der Waals surface area contributed by atoms with Crippen LogP contribution in [0.4, 0.5) is 0 Å². The first-order valence-corrected chi connectivity index (χ1v) is 6.29. The van der Waals surface area contributed by atoms with Crippen LogP contribution in [0.3, 0.4) is 0 Å². The second-order valence-corrected chi connectivity index (χ2v) is 4.71. The predicted molar refractivity (Wildman–Crippen MR) is 74.4 cm³/mol. The highest BCUT2D eigenvalue weighted by atomic mass is 16.5. The first-order chi connectivity index (χ1) is 8.93. The van der Waals surface area contributed by atoms with Gasteiger partial charge in [0.1, 0.15) is 0 Å². The van der Waals surface area contributed by atoms with Crippen molar-refractivity contribution >= 4 is 5.91 Å². The molecule has 1 aromatic rings. The van der Waals surface area contributed by atoms with Crippen LogP contribution in [0.5, 0.6) is 11.5 Å². The molecule has 0 saturated carbocycles. The SMILES string of the molecule is COc1cc([C@@H](C)N)ccc1OCC(=O)NC(C)C. The van der Waals surface area contributed by atoms with Gasteiger partial charge in [-0.3, -0.25) is 4.79 Å². The predicted octanol–water partition coefficient (Wildman–Crippen LogP) is 1.62. The lowest BCUT2D eigenvalue weighted by Gasteiger charge is -2.14. The van der Waals surface area contributed by atoms with E-state index in [1.54, 1.807) is 13.2 Å². The van der Waals surface area contributed by atoms with Crippen molar-refractivity contribution in [1.29, 1.82) is 0 Å². The molecule has 1 amide bonds. The van der Waals surface area contributed by atoms with Gasteiger partial charge in [-0.1, -0.05) is 6.07 Å². The van der Waals surface area contributed by atoms with E-state index in [-0.39, 0.29) is 24.6 Å². The number of carbonyl (C=O) groups is 1. The lowest BCUT2D eigenvalue weighted by atomic mass is 10.1. The number of hydrogen-bond acceptors (Lipinski definition) is 4. The Kier molecular flexibility index (Phi) is 5.63. The Morgan fingerprint density at radius 2 is 2.00 bits per heavy atom. The van der Waals surface area contributed by atoms with Gasteiger partial charge in [-0.2, -0.15) is 0 Å². The van der Waals surface area contributed by atoms with E-state index in [1.165, 1.54) is 0 Å². The average molecular weight is 266 g/mol. The van der Waals surface area contributed by atoms with Crippen LogP contribution in [0.2, 0.25) is 0 Å². The van der Waals surface area contributed by atoms with Crippen molar-refractivity contribution in [1.82, 2.24) is 5.32 Å². The summed E-state index contributed by atoms with van der Waals surface area (Å²) in [6.07, 6.45) is 0. The van der Waals surface area contributed by atoms with E-state index in [1.807, 2.05) is 32.9 Å².